The minimum absolute atomic E-state index is 0. The van der Waals surface area contributed by atoms with Gasteiger partial charge in [-0.1, -0.05) is 57.0 Å². The third kappa shape index (κ3) is 11.2. The van der Waals surface area contributed by atoms with E-state index in [0.29, 0.717) is 31.9 Å². The number of anilines is 3. The van der Waals surface area contributed by atoms with Gasteiger partial charge in [-0.05, 0) is 119 Å². The van der Waals surface area contributed by atoms with Crippen LogP contribution in [0.1, 0.15) is 94.7 Å². The Labute approximate surface area is 375 Å². The second kappa shape index (κ2) is 21.5. The van der Waals surface area contributed by atoms with E-state index in [1.54, 1.807) is 4.90 Å². The molecule has 2 atom stereocenters. The number of aryl methyl sites for hydroxylation is 3. The summed E-state index contributed by atoms with van der Waals surface area (Å²) in [5.74, 6) is -1.29. The Hall–Kier alpha value is -4.82. The van der Waals surface area contributed by atoms with Crippen molar-refractivity contribution in [2.45, 2.75) is 125 Å². The number of nitrogens with zero attached hydrogens (tertiary/aromatic N) is 4. The molecular formula is C48H62N6O6S2. The molecule has 0 aromatic heterocycles. The van der Waals surface area contributed by atoms with Gasteiger partial charge in [0.1, 0.15) is 13.1 Å². The molecule has 0 radical (unpaired) electrons. The fourth-order valence-corrected chi connectivity index (χ4v) is 11.2. The van der Waals surface area contributed by atoms with E-state index in [1.165, 1.54) is 39.7 Å². The summed E-state index contributed by atoms with van der Waals surface area (Å²) >= 11 is 2.64. The maximum atomic E-state index is 13.4. The van der Waals surface area contributed by atoms with Gasteiger partial charge in [-0.15, -0.1) is 23.5 Å². The molecule has 1 saturated carbocycles. The number of fused-ring (bicyclic) bond motifs is 2. The second-order valence-corrected chi connectivity index (χ2v) is 19.1. The molecule has 6 amide bonds. The fraction of sp³-hybridized carbons (Fsp3) is 0.500. The standard InChI is InChI=1S/C24H27N3O3S.C23H31N3O3S.CH4/c1-16-10-11-19-20(14-16)31-22(23(29)26-12-6-3-7-13-26)24(30)27(19)15-21(28)25-18-9-5-4-8-17(18)2;1-16-10-11-18-19(14-16)30-21(22(28)25-12-6-3-7-13-25)23(29)26(18)15-20(27)24-17-8-4-2-5-9-17;/h4-5,8-11,14,22H,3,6-7,12-13,15H2,1-2H3,(H,25,28);10-11,14,17,21H,2-9,12-13,15H2,1H3,(H,24,27);1H4. The van der Waals surface area contributed by atoms with Crippen molar-refractivity contribution in [3.63, 3.8) is 0 Å². The lowest BCUT2D eigenvalue weighted by atomic mass is 9.95. The number of rotatable bonds is 8. The molecule has 2 unspecified atom stereocenters. The van der Waals surface area contributed by atoms with Crippen LogP contribution in [0, 0.1) is 20.8 Å². The fourth-order valence-electron chi connectivity index (χ4n) is 8.66. The first kappa shape index (κ1) is 46.7. The number of carbonyl (C=O) groups is 6. The van der Waals surface area contributed by atoms with E-state index < -0.39 is 10.5 Å². The van der Waals surface area contributed by atoms with Crippen LogP contribution in [0.5, 0.6) is 0 Å². The van der Waals surface area contributed by atoms with Gasteiger partial charge in [-0.3, -0.25) is 28.8 Å². The minimum Gasteiger partial charge on any atom is -0.352 e. The monoisotopic (exact) mass is 882 g/mol. The molecule has 4 heterocycles. The van der Waals surface area contributed by atoms with Gasteiger partial charge in [0.25, 0.3) is 11.8 Å². The van der Waals surface area contributed by atoms with Gasteiger partial charge in [0.05, 0.1) is 11.4 Å². The van der Waals surface area contributed by atoms with Crippen LogP contribution in [0.15, 0.2) is 70.5 Å². The van der Waals surface area contributed by atoms with Crippen molar-refractivity contribution in [3.8, 4) is 0 Å². The summed E-state index contributed by atoms with van der Waals surface area (Å²) in [4.78, 5) is 87.1. The highest BCUT2D eigenvalue weighted by Crippen LogP contribution is 2.42. The summed E-state index contributed by atoms with van der Waals surface area (Å²) in [6, 6.07) is 19.3. The summed E-state index contributed by atoms with van der Waals surface area (Å²) < 4.78 is 0. The molecule has 332 valence electrons. The molecule has 2 N–H and O–H groups in total. The number of piperidine rings is 2. The van der Waals surface area contributed by atoms with Crippen LogP contribution in [0.2, 0.25) is 0 Å². The molecule has 14 heteroatoms. The van der Waals surface area contributed by atoms with E-state index in [4.69, 9.17) is 0 Å². The van der Waals surface area contributed by atoms with Crippen molar-refractivity contribution in [3.05, 3.63) is 77.4 Å². The highest BCUT2D eigenvalue weighted by molar-refractivity contribution is 8.02. The summed E-state index contributed by atoms with van der Waals surface area (Å²) in [5, 5.41) is 4.34. The van der Waals surface area contributed by atoms with Crippen LogP contribution >= 0.6 is 23.5 Å². The Balaban J connectivity index is 0.000000204. The molecule has 3 fully saturated rings. The maximum absolute atomic E-state index is 13.4. The van der Waals surface area contributed by atoms with Gasteiger partial charge in [0, 0.05) is 47.7 Å². The summed E-state index contributed by atoms with van der Waals surface area (Å²) in [6.45, 7) is 8.55. The zero-order valence-electron chi connectivity index (χ0n) is 35.6. The first-order chi connectivity index (χ1) is 29.5. The topological polar surface area (TPSA) is 139 Å². The third-order valence-electron chi connectivity index (χ3n) is 12.1. The SMILES string of the molecule is C.Cc1ccc2c(c1)SC(C(=O)N1CCCCC1)C(=O)N2CC(=O)NC1CCCCC1.Cc1ccc2c(c1)SC(C(=O)N1CCCCC1)C(=O)N2CC(=O)Nc1ccccc1C. The number of carbonyl (C=O) groups excluding carboxylic acids is 6. The third-order valence-corrected chi connectivity index (χ3v) is 14.5. The maximum Gasteiger partial charge on any atom is 0.250 e. The Bertz CT molecular complexity index is 2130. The van der Waals surface area contributed by atoms with Crippen LogP contribution in [0.3, 0.4) is 0 Å². The number of thioether (sulfide) groups is 2. The number of amides is 6. The summed E-state index contributed by atoms with van der Waals surface area (Å²) in [7, 11) is 0. The number of nitrogens with one attached hydrogen (secondary N) is 2. The van der Waals surface area contributed by atoms with Gasteiger partial charge >= 0.3 is 0 Å². The molecule has 1 aliphatic carbocycles. The molecular weight excluding hydrogens is 821 g/mol. The van der Waals surface area contributed by atoms with Crippen molar-refractivity contribution in [2.24, 2.45) is 0 Å². The van der Waals surface area contributed by atoms with Crippen molar-refractivity contribution < 1.29 is 28.8 Å². The van der Waals surface area contributed by atoms with Crippen LogP contribution in [0.25, 0.3) is 0 Å². The highest BCUT2D eigenvalue weighted by Gasteiger charge is 2.43. The first-order valence-electron chi connectivity index (χ1n) is 21.9. The molecule has 8 rings (SSSR count). The van der Waals surface area contributed by atoms with Crippen LogP contribution < -0.4 is 20.4 Å². The Morgan fingerprint density at radius 3 is 1.53 bits per heavy atom. The number of hydrogen-bond acceptors (Lipinski definition) is 8. The number of likely N-dealkylation sites (tertiary alicyclic amines) is 2. The number of benzene rings is 3. The number of hydrogen-bond donors (Lipinski definition) is 2. The molecule has 4 aliphatic heterocycles. The van der Waals surface area contributed by atoms with Gasteiger partial charge in [-0.25, -0.2) is 0 Å². The van der Waals surface area contributed by atoms with E-state index >= 15 is 0 Å². The lowest BCUT2D eigenvalue weighted by molar-refractivity contribution is -0.137. The van der Waals surface area contributed by atoms with Crippen molar-refractivity contribution in [1.82, 2.24) is 15.1 Å². The lowest BCUT2D eigenvalue weighted by Crippen LogP contribution is -2.53. The summed E-state index contributed by atoms with van der Waals surface area (Å²) in [6.07, 6.45) is 11.7. The van der Waals surface area contributed by atoms with E-state index in [9.17, 15) is 28.8 Å². The molecule has 0 bridgehead atoms. The van der Waals surface area contributed by atoms with Crippen molar-refractivity contribution >= 4 is 76.0 Å². The van der Waals surface area contributed by atoms with Gasteiger partial charge < -0.3 is 30.2 Å². The Morgan fingerprint density at radius 2 is 1.05 bits per heavy atom. The van der Waals surface area contributed by atoms with Crippen LogP contribution in [-0.4, -0.2) is 101 Å². The van der Waals surface area contributed by atoms with Crippen molar-refractivity contribution in [2.75, 3.05) is 54.4 Å². The molecule has 0 spiro atoms. The molecule has 3 aromatic carbocycles. The quantitative estimate of drug-likeness (QED) is 0.220. The van der Waals surface area contributed by atoms with Crippen molar-refractivity contribution in [1.29, 1.82) is 0 Å². The normalized spacial score (nSPS) is 20.2. The largest absolute Gasteiger partial charge is 0.352 e. The molecule has 3 aromatic rings. The lowest BCUT2D eigenvalue weighted by Gasteiger charge is -2.36. The van der Waals surface area contributed by atoms with Gasteiger partial charge in [0.15, 0.2) is 10.5 Å². The van der Waals surface area contributed by atoms with E-state index in [0.717, 1.165) is 102 Å². The van der Waals surface area contributed by atoms with E-state index in [2.05, 4.69) is 10.6 Å². The predicted octanol–water partition coefficient (Wildman–Crippen LogP) is 7.66. The average Bonchev–Trinajstić information content (AvgIpc) is 3.27. The zero-order valence-corrected chi connectivity index (χ0v) is 37.2. The molecule has 12 nitrogen and oxygen atoms in total. The first-order valence-corrected chi connectivity index (χ1v) is 23.6. The van der Waals surface area contributed by atoms with Crippen LogP contribution in [0.4, 0.5) is 17.1 Å². The smallest absolute Gasteiger partial charge is 0.250 e. The molecule has 5 aliphatic rings. The van der Waals surface area contributed by atoms with E-state index in [-0.39, 0.29) is 62.0 Å². The highest BCUT2D eigenvalue weighted by atomic mass is 32.2. The van der Waals surface area contributed by atoms with E-state index in [1.807, 2.05) is 86.3 Å². The molecule has 62 heavy (non-hydrogen) atoms. The zero-order chi connectivity index (χ0) is 43.0. The van der Waals surface area contributed by atoms with Gasteiger partial charge in [0.2, 0.25) is 23.6 Å². The molecule has 2 saturated heterocycles. The minimum atomic E-state index is -0.848. The Morgan fingerprint density at radius 1 is 0.597 bits per heavy atom. The number of para-hydroxylation sites is 1. The second-order valence-electron chi connectivity index (χ2n) is 16.8. The Kier molecular flexibility index (Phi) is 16.2. The van der Waals surface area contributed by atoms with Crippen LogP contribution in [-0.2, 0) is 28.8 Å². The predicted molar refractivity (Wildman–Crippen MR) is 249 cm³/mol. The summed E-state index contributed by atoms with van der Waals surface area (Å²) in [5.41, 5.74) is 5.21. The van der Waals surface area contributed by atoms with Gasteiger partial charge in [-0.2, -0.15) is 0 Å². The average molecular weight is 883 g/mol.